The summed E-state index contributed by atoms with van der Waals surface area (Å²) in [5.74, 6) is 0.415. The van der Waals surface area contributed by atoms with Crippen LogP contribution in [0.5, 0.6) is 5.75 Å². The second kappa shape index (κ2) is 12.1. The first-order valence-corrected chi connectivity index (χ1v) is 12.0. The summed E-state index contributed by atoms with van der Waals surface area (Å²) in [7, 11) is 0. The number of ether oxygens (including phenoxy) is 1. The van der Waals surface area contributed by atoms with Crippen LogP contribution < -0.4 is 10.1 Å². The zero-order valence-electron chi connectivity index (χ0n) is 20.0. The Morgan fingerprint density at radius 2 is 1.56 bits per heavy atom. The first kappa shape index (κ1) is 25.0. The summed E-state index contributed by atoms with van der Waals surface area (Å²) in [6, 6.07) is 23.2. The van der Waals surface area contributed by atoms with Crippen LogP contribution in [0.3, 0.4) is 0 Å². The number of carboxylic acid groups (broad SMARTS) is 1. The number of urea groups is 1. The molecule has 1 fully saturated rings. The summed E-state index contributed by atoms with van der Waals surface area (Å²) in [5.41, 5.74) is 2.83. The van der Waals surface area contributed by atoms with Crippen molar-refractivity contribution in [3.8, 4) is 5.75 Å². The number of halogens is 1. The fourth-order valence-electron chi connectivity index (χ4n) is 4.25. The predicted molar refractivity (Wildman–Crippen MR) is 134 cm³/mol. The minimum absolute atomic E-state index is 0.112. The van der Waals surface area contributed by atoms with Crippen molar-refractivity contribution in [3.63, 3.8) is 0 Å². The van der Waals surface area contributed by atoms with Gasteiger partial charge in [0.05, 0.1) is 0 Å². The molecular formula is C28H30FN3O4. The number of likely N-dealkylation sites (tertiary alicyclic amines) is 1. The van der Waals surface area contributed by atoms with Gasteiger partial charge < -0.3 is 25.0 Å². The van der Waals surface area contributed by atoms with Crippen molar-refractivity contribution in [2.24, 2.45) is 0 Å². The molecule has 0 saturated carbocycles. The van der Waals surface area contributed by atoms with Gasteiger partial charge in [-0.1, -0.05) is 54.6 Å². The lowest BCUT2D eigenvalue weighted by Crippen LogP contribution is -2.51. The molecule has 0 spiro atoms. The lowest BCUT2D eigenvalue weighted by molar-refractivity contribution is 0.102. The summed E-state index contributed by atoms with van der Waals surface area (Å²) in [4.78, 5) is 27.6. The summed E-state index contributed by atoms with van der Waals surface area (Å²) < 4.78 is 19.2. The van der Waals surface area contributed by atoms with Gasteiger partial charge in [-0.2, -0.15) is 0 Å². The van der Waals surface area contributed by atoms with E-state index in [1.807, 2.05) is 54.6 Å². The highest BCUT2D eigenvalue weighted by Crippen LogP contribution is 2.20. The van der Waals surface area contributed by atoms with Crippen molar-refractivity contribution < 1.29 is 23.8 Å². The Morgan fingerprint density at radius 1 is 0.917 bits per heavy atom. The number of nitrogens with one attached hydrogen (secondary N) is 1. The van der Waals surface area contributed by atoms with Crippen LogP contribution >= 0.6 is 0 Å². The Morgan fingerprint density at radius 3 is 2.19 bits per heavy atom. The Bertz CT molecular complexity index is 1130. The van der Waals surface area contributed by atoms with E-state index in [0.717, 1.165) is 22.4 Å². The van der Waals surface area contributed by atoms with E-state index in [0.29, 0.717) is 45.6 Å². The molecule has 0 atom stereocenters. The van der Waals surface area contributed by atoms with E-state index in [1.54, 1.807) is 17.0 Å². The zero-order chi connectivity index (χ0) is 25.3. The van der Waals surface area contributed by atoms with Gasteiger partial charge in [0.1, 0.15) is 18.2 Å². The van der Waals surface area contributed by atoms with Crippen molar-refractivity contribution >= 4 is 12.1 Å². The molecule has 2 N–H and O–H groups in total. The van der Waals surface area contributed by atoms with Gasteiger partial charge in [0.2, 0.25) is 0 Å². The summed E-state index contributed by atoms with van der Waals surface area (Å²) in [6.07, 6.45) is 0.155. The smallest absolute Gasteiger partial charge is 0.407 e. The molecular weight excluding hydrogens is 461 g/mol. The van der Waals surface area contributed by atoms with Crippen LogP contribution in [0.1, 0.15) is 29.5 Å². The largest absolute Gasteiger partial charge is 0.489 e. The lowest BCUT2D eigenvalue weighted by Gasteiger charge is -2.37. The number of benzene rings is 3. The molecule has 3 aromatic carbocycles. The Hall–Kier alpha value is -4.07. The third-order valence-electron chi connectivity index (χ3n) is 6.32. The fourth-order valence-corrected chi connectivity index (χ4v) is 4.25. The van der Waals surface area contributed by atoms with Gasteiger partial charge in [0.15, 0.2) is 0 Å². The van der Waals surface area contributed by atoms with E-state index in [2.05, 4.69) is 5.32 Å². The second-order valence-electron chi connectivity index (χ2n) is 8.83. The molecule has 1 heterocycles. The molecule has 1 saturated heterocycles. The van der Waals surface area contributed by atoms with Crippen LogP contribution in [0.2, 0.25) is 0 Å². The van der Waals surface area contributed by atoms with Crippen molar-refractivity contribution in [2.45, 2.75) is 38.6 Å². The number of amides is 3. The number of nitrogens with zero attached hydrogens (tertiary/aromatic N) is 2. The SMILES string of the molecule is O=C(O)N1CCC(N(Cc2ccc(F)cc2)C(=O)NCc2ccc(OCc3ccccc3)cc2)CC1. The third-order valence-corrected chi connectivity index (χ3v) is 6.32. The number of hydrogen-bond donors (Lipinski definition) is 2. The molecule has 0 aliphatic carbocycles. The Kier molecular flexibility index (Phi) is 8.39. The van der Waals surface area contributed by atoms with Crippen LogP contribution in [0.15, 0.2) is 78.9 Å². The zero-order valence-corrected chi connectivity index (χ0v) is 20.0. The topological polar surface area (TPSA) is 82.1 Å². The molecule has 3 amide bonds. The molecule has 8 heteroatoms. The number of carbonyl (C=O) groups is 2. The van der Waals surface area contributed by atoms with E-state index < -0.39 is 6.09 Å². The molecule has 0 bridgehead atoms. The van der Waals surface area contributed by atoms with Gasteiger partial charge in [-0.3, -0.25) is 0 Å². The van der Waals surface area contributed by atoms with Gasteiger partial charge in [0.25, 0.3) is 0 Å². The second-order valence-corrected chi connectivity index (χ2v) is 8.83. The maximum absolute atomic E-state index is 13.4. The van der Waals surface area contributed by atoms with Crippen molar-refractivity contribution in [1.82, 2.24) is 15.1 Å². The van der Waals surface area contributed by atoms with Crippen molar-refractivity contribution in [2.75, 3.05) is 13.1 Å². The highest BCUT2D eigenvalue weighted by molar-refractivity contribution is 5.74. The minimum atomic E-state index is -0.945. The maximum Gasteiger partial charge on any atom is 0.407 e. The molecule has 3 aromatic rings. The monoisotopic (exact) mass is 491 g/mol. The number of piperidine rings is 1. The molecule has 4 rings (SSSR count). The maximum atomic E-state index is 13.4. The molecule has 0 aromatic heterocycles. The molecule has 0 unspecified atom stereocenters. The van der Waals surface area contributed by atoms with Crippen LogP contribution in [-0.2, 0) is 19.7 Å². The van der Waals surface area contributed by atoms with Gasteiger partial charge in [-0.05, 0) is 53.8 Å². The molecule has 36 heavy (non-hydrogen) atoms. The third kappa shape index (κ3) is 6.97. The van der Waals surface area contributed by atoms with Crippen LogP contribution in [0.25, 0.3) is 0 Å². The molecule has 1 aliphatic rings. The molecule has 0 radical (unpaired) electrons. The van der Waals surface area contributed by atoms with E-state index in [4.69, 9.17) is 4.74 Å². The standard InChI is InChI=1S/C28H30FN3O4/c29-24-10-6-22(7-11-24)19-32(25-14-16-31(17-15-25)28(34)35)27(33)30-18-21-8-12-26(13-9-21)36-20-23-4-2-1-3-5-23/h1-13,25H,14-20H2,(H,30,33)(H,34,35). The first-order valence-electron chi connectivity index (χ1n) is 12.0. The average Bonchev–Trinajstić information content (AvgIpc) is 2.91. The van der Waals surface area contributed by atoms with E-state index in [9.17, 15) is 19.1 Å². The fraction of sp³-hybridized carbons (Fsp3) is 0.286. The van der Waals surface area contributed by atoms with E-state index in [-0.39, 0.29) is 17.9 Å². The Balaban J connectivity index is 1.35. The summed E-state index contributed by atoms with van der Waals surface area (Å²) in [5, 5.41) is 12.2. The van der Waals surface area contributed by atoms with E-state index in [1.165, 1.54) is 17.0 Å². The average molecular weight is 492 g/mol. The quantitative estimate of drug-likeness (QED) is 0.450. The number of carbonyl (C=O) groups excluding carboxylic acids is 1. The summed E-state index contributed by atoms with van der Waals surface area (Å²) in [6.45, 7) is 1.88. The minimum Gasteiger partial charge on any atom is -0.489 e. The van der Waals surface area contributed by atoms with Crippen LogP contribution in [0, 0.1) is 5.82 Å². The number of rotatable bonds is 8. The van der Waals surface area contributed by atoms with Crippen LogP contribution in [0.4, 0.5) is 14.0 Å². The van der Waals surface area contributed by atoms with Gasteiger partial charge in [-0.25, -0.2) is 14.0 Å². The highest BCUT2D eigenvalue weighted by atomic mass is 19.1. The van der Waals surface area contributed by atoms with Gasteiger partial charge >= 0.3 is 12.1 Å². The summed E-state index contributed by atoms with van der Waals surface area (Å²) >= 11 is 0. The predicted octanol–water partition coefficient (Wildman–Crippen LogP) is 5.26. The molecule has 7 nitrogen and oxygen atoms in total. The first-order chi connectivity index (χ1) is 17.5. The van der Waals surface area contributed by atoms with Crippen LogP contribution in [-0.4, -0.2) is 46.2 Å². The van der Waals surface area contributed by atoms with E-state index >= 15 is 0 Å². The molecule has 188 valence electrons. The van der Waals surface area contributed by atoms with Gasteiger partial charge in [0, 0.05) is 32.2 Å². The lowest BCUT2D eigenvalue weighted by atomic mass is 10.0. The number of hydrogen-bond acceptors (Lipinski definition) is 3. The highest BCUT2D eigenvalue weighted by Gasteiger charge is 2.29. The van der Waals surface area contributed by atoms with Gasteiger partial charge in [-0.15, -0.1) is 0 Å². The Labute approximate surface area is 210 Å². The van der Waals surface area contributed by atoms with Crippen molar-refractivity contribution in [3.05, 3.63) is 101 Å². The van der Waals surface area contributed by atoms with Crippen molar-refractivity contribution in [1.29, 1.82) is 0 Å². The molecule has 1 aliphatic heterocycles. The normalized spacial score (nSPS) is 13.8.